The standard InChI is InChI=1S/C29H34N4O5S2/c1-4-36-23-18-20(19-24(37-5-2)26(23)38-6-3)27(34)31-29(39)30-21-9-11-22(12-10-21)32-13-15-33(16-14-32)28(35)25-8-7-17-40-25/h7-12,17-19H,4-6,13-16H2,1-3H3,(H2,30,31,34,39). The Kier molecular flexibility index (Phi) is 10.2. The molecule has 2 aromatic carbocycles. The minimum atomic E-state index is -0.394. The highest BCUT2D eigenvalue weighted by molar-refractivity contribution is 7.80. The van der Waals surface area contributed by atoms with Gasteiger partial charge in [0.15, 0.2) is 16.6 Å². The van der Waals surface area contributed by atoms with Gasteiger partial charge in [-0.3, -0.25) is 14.9 Å². The minimum absolute atomic E-state index is 0.0956. The number of nitrogens with one attached hydrogen (secondary N) is 2. The molecular weight excluding hydrogens is 548 g/mol. The van der Waals surface area contributed by atoms with Gasteiger partial charge in [0.1, 0.15) is 0 Å². The third-order valence-corrected chi connectivity index (χ3v) is 7.25. The van der Waals surface area contributed by atoms with Crippen LogP contribution >= 0.6 is 23.6 Å². The average Bonchev–Trinajstić information content (AvgIpc) is 3.50. The second kappa shape index (κ2) is 14.0. The van der Waals surface area contributed by atoms with Crippen LogP contribution in [-0.2, 0) is 0 Å². The Labute approximate surface area is 244 Å². The Bertz CT molecular complexity index is 1280. The number of nitrogens with zero attached hydrogens (tertiary/aromatic N) is 2. The number of amides is 2. The van der Waals surface area contributed by atoms with Crippen molar-refractivity contribution in [3.8, 4) is 17.2 Å². The van der Waals surface area contributed by atoms with Crippen molar-refractivity contribution in [3.63, 3.8) is 0 Å². The molecule has 212 valence electrons. The number of hydrogen-bond donors (Lipinski definition) is 2. The van der Waals surface area contributed by atoms with Crippen molar-refractivity contribution in [1.29, 1.82) is 0 Å². The summed E-state index contributed by atoms with van der Waals surface area (Å²) in [5, 5.41) is 7.88. The summed E-state index contributed by atoms with van der Waals surface area (Å²) >= 11 is 6.87. The Morgan fingerprint density at radius 2 is 1.52 bits per heavy atom. The predicted octanol–water partition coefficient (Wildman–Crippen LogP) is 5.03. The number of ether oxygens (including phenoxy) is 3. The molecule has 11 heteroatoms. The quantitative estimate of drug-likeness (QED) is 0.322. The van der Waals surface area contributed by atoms with Gasteiger partial charge in [-0.2, -0.15) is 0 Å². The van der Waals surface area contributed by atoms with E-state index in [1.807, 2.05) is 67.4 Å². The summed E-state index contributed by atoms with van der Waals surface area (Å²) in [7, 11) is 0. The van der Waals surface area contributed by atoms with Crippen LogP contribution < -0.4 is 29.7 Å². The van der Waals surface area contributed by atoms with Crippen LogP contribution in [0.5, 0.6) is 17.2 Å². The van der Waals surface area contributed by atoms with E-state index in [0.29, 0.717) is 55.7 Å². The Morgan fingerprint density at radius 1 is 0.900 bits per heavy atom. The van der Waals surface area contributed by atoms with Gasteiger partial charge in [0.25, 0.3) is 11.8 Å². The molecular formula is C29H34N4O5S2. The molecule has 1 aromatic heterocycles. The summed E-state index contributed by atoms with van der Waals surface area (Å²) in [6.07, 6.45) is 0. The molecule has 1 aliphatic heterocycles. The fraction of sp³-hybridized carbons (Fsp3) is 0.345. The van der Waals surface area contributed by atoms with Crippen molar-refractivity contribution >= 4 is 51.9 Å². The van der Waals surface area contributed by atoms with Gasteiger partial charge in [-0.05, 0) is 80.8 Å². The molecule has 9 nitrogen and oxygen atoms in total. The number of piperazine rings is 1. The lowest BCUT2D eigenvalue weighted by atomic mass is 10.1. The average molecular weight is 583 g/mol. The molecule has 2 amide bonds. The fourth-order valence-electron chi connectivity index (χ4n) is 4.34. The molecule has 3 aromatic rings. The molecule has 0 radical (unpaired) electrons. The van der Waals surface area contributed by atoms with Crippen LogP contribution in [0.3, 0.4) is 0 Å². The van der Waals surface area contributed by atoms with E-state index < -0.39 is 5.91 Å². The number of thiophene rings is 1. The van der Waals surface area contributed by atoms with Crippen molar-refractivity contribution in [1.82, 2.24) is 10.2 Å². The van der Waals surface area contributed by atoms with Gasteiger partial charge >= 0.3 is 0 Å². The van der Waals surface area contributed by atoms with Crippen LogP contribution in [0.1, 0.15) is 40.8 Å². The number of benzene rings is 2. The number of anilines is 2. The first kappa shape index (κ1) is 29.2. The van der Waals surface area contributed by atoms with Crippen molar-refractivity contribution < 1.29 is 23.8 Å². The number of rotatable bonds is 10. The van der Waals surface area contributed by atoms with Gasteiger partial charge in [-0.25, -0.2) is 0 Å². The summed E-state index contributed by atoms with van der Waals surface area (Å²) in [4.78, 5) is 30.5. The molecule has 0 atom stereocenters. The Morgan fingerprint density at radius 3 is 2.08 bits per heavy atom. The molecule has 1 saturated heterocycles. The molecule has 2 N–H and O–H groups in total. The number of carbonyl (C=O) groups is 2. The molecule has 1 fully saturated rings. The first-order valence-corrected chi connectivity index (χ1v) is 14.6. The molecule has 40 heavy (non-hydrogen) atoms. The maximum atomic E-state index is 13.0. The lowest BCUT2D eigenvalue weighted by molar-refractivity contribution is 0.0751. The van der Waals surface area contributed by atoms with Crippen molar-refractivity contribution in [2.75, 3.05) is 56.2 Å². The third kappa shape index (κ3) is 7.22. The van der Waals surface area contributed by atoms with E-state index in [-0.39, 0.29) is 11.0 Å². The van der Waals surface area contributed by atoms with Crippen LogP contribution in [0.25, 0.3) is 0 Å². The Hall–Kier alpha value is -3.83. The normalized spacial score (nSPS) is 13.0. The van der Waals surface area contributed by atoms with Crippen LogP contribution in [0.2, 0.25) is 0 Å². The number of thiocarbonyl (C=S) groups is 1. The van der Waals surface area contributed by atoms with Gasteiger partial charge in [0.2, 0.25) is 5.75 Å². The molecule has 2 heterocycles. The fourth-order valence-corrected chi connectivity index (χ4v) is 5.24. The lowest BCUT2D eigenvalue weighted by Gasteiger charge is -2.36. The maximum Gasteiger partial charge on any atom is 0.264 e. The lowest BCUT2D eigenvalue weighted by Crippen LogP contribution is -2.48. The molecule has 1 aliphatic rings. The summed E-state index contributed by atoms with van der Waals surface area (Å²) in [5.74, 6) is 1.05. The molecule has 4 rings (SSSR count). The smallest absolute Gasteiger partial charge is 0.264 e. The van der Waals surface area contributed by atoms with Crippen LogP contribution in [0.4, 0.5) is 11.4 Å². The van der Waals surface area contributed by atoms with Crippen molar-refractivity contribution in [3.05, 3.63) is 64.4 Å². The van der Waals surface area contributed by atoms with E-state index in [1.54, 1.807) is 12.1 Å². The van der Waals surface area contributed by atoms with E-state index in [0.717, 1.165) is 29.3 Å². The van der Waals surface area contributed by atoms with E-state index >= 15 is 0 Å². The van der Waals surface area contributed by atoms with Gasteiger partial charge in [-0.1, -0.05) is 6.07 Å². The molecule has 0 bridgehead atoms. The SMILES string of the molecule is CCOc1cc(C(=O)NC(=S)Nc2ccc(N3CCN(C(=O)c4cccs4)CC3)cc2)cc(OCC)c1OCC. The first-order chi connectivity index (χ1) is 19.4. The summed E-state index contributed by atoms with van der Waals surface area (Å²) in [5.41, 5.74) is 2.15. The predicted molar refractivity (Wildman–Crippen MR) is 163 cm³/mol. The van der Waals surface area contributed by atoms with E-state index in [2.05, 4.69) is 15.5 Å². The maximum absolute atomic E-state index is 13.0. The highest BCUT2D eigenvalue weighted by Gasteiger charge is 2.23. The first-order valence-electron chi connectivity index (χ1n) is 13.3. The van der Waals surface area contributed by atoms with Gasteiger partial charge < -0.3 is 29.3 Å². The molecule has 0 saturated carbocycles. The van der Waals surface area contributed by atoms with Crippen LogP contribution in [0.15, 0.2) is 53.9 Å². The number of carbonyl (C=O) groups excluding carboxylic acids is 2. The highest BCUT2D eigenvalue weighted by atomic mass is 32.1. The summed E-state index contributed by atoms with van der Waals surface area (Å²) in [6.45, 7) is 9.72. The van der Waals surface area contributed by atoms with E-state index in [9.17, 15) is 9.59 Å². The van der Waals surface area contributed by atoms with E-state index in [1.165, 1.54) is 11.3 Å². The zero-order valence-electron chi connectivity index (χ0n) is 22.9. The van der Waals surface area contributed by atoms with Gasteiger partial charge in [-0.15, -0.1) is 11.3 Å². The zero-order chi connectivity index (χ0) is 28.5. The monoisotopic (exact) mass is 582 g/mol. The molecule has 0 unspecified atom stereocenters. The minimum Gasteiger partial charge on any atom is -0.490 e. The third-order valence-electron chi connectivity index (χ3n) is 6.19. The second-order valence-corrected chi connectivity index (χ2v) is 10.2. The van der Waals surface area contributed by atoms with Crippen molar-refractivity contribution in [2.24, 2.45) is 0 Å². The van der Waals surface area contributed by atoms with E-state index in [4.69, 9.17) is 26.4 Å². The summed E-state index contributed by atoms with van der Waals surface area (Å²) in [6, 6.07) is 14.8. The van der Waals surface area contributed by atoms with Crippen LogP contribution in [0, 0.1) is 0 Å². The Balaban J connectivity index is 1.34. The van der Waals surface area contributed by atoms with Crippen molar-refractivity contribution in [2.45, 2.75) is 20.8 Å². The van der Waals surface area contributed by atoms with Crippen LogP contribution in [-0.4, -0.2) is 67.8 Å². The molecule has 0 aliphatic carbocycles. The molecule has 0 spiro atoms. The van der Waals surface area contributed by atoms with Gasteiger partial charge in [0, 0.05) is 43.1 Å². The second-order valence-electron chi connectivity index (χ2n) is 8.81. The van der Waals surface area contributed by atoms with Gasteiger partial charge in [0.05, 0.1) is 24.7 Å². The zero-order valence-corrected chi connectivity index (χ0v) is 24.5. The summed E-state index contributed by atoms with van der Waals surface area (Å²) < 4.78 is 17.1. The highest BCUT2D eigenvalue weighted by Crippen LogP contribution is 2.39. The largest absolute Gasteiger partial charge is 0.490 e. The number of hydrogen-bond acceptors (Lipinski definition) is 8. The topological polar surface area (TPSA) is 92.4 Å².